The molecule has 0 fully saturated rings. The number of aryl methyl sites for hydroxylation is 1. The monoisotopic (exact) mass is 272 g/mol. The molecule has 1 aromatic heterocycles. The zero-order valence-electron chi connectivity index (χ0n) is 11.0. The van der Waals surface area contributed by atoms with E-state index in [2.05, 4.69) is 5.10 Å². The Bertz CT molecular complexity index is 762. The number of aromatic carboxylic acids is 1. The standard InChI is InChI=1S/C14H12N2O4/c1-8-4-3-5-10(6-8)16-13(18)11(14(19)20)7-12(15-16)9(2)17/h3-7H,1-2H3,(H,19,20). The minimum Gasteiger partial charge on any atom is -0.477 e. The molecule has 0 bridgehead atoms. The van der Waals surface area contributed by atoms with E-state index in [1.165, 1.54) is 6.92 Å². The topological polar surface area (TPSA) is 89.3 Å². The quantitative estimate of drug-likeness (QED) is 0.854. The number of rotatable bonds is 3. The van der Waals surface area contributed by atoms with Gasteiger partial charge in [-0.3, -0.25) is 9.59 Å². The Kier molecular flexibility index (Phi) is 3.47. The lowest BCUT2D eigenvalue weighted by Crippen LogP contribution is -2.29. The summed E-state index contributed by atoms with van der Waals surface area (Å²) in [6, 6.07) is 7.86. The maximum Gasteiger partial charge on any atom is 0.341 e. The molecule has 1 N–H and O–H groups in total. The molecule has 0 amide bonds. The van der Waals surface area contributed by atoms with Gasteiger partial charge in [-0.2, -0.15) is 9.78 Å². The van der Waals surface area contributed by atoms with Crippen LogP contribution in [0.15, 0.2) is 35.1 Å². The number of hydrogen-bond acceptors (Lipinski definition) is 4. The number of ketones is 1. The highest BCUT2D eigenvalue weighted by Gasteiger charge is 2.17. The minimum absolute atomic E-state index is 0.0662. The van der Waals surface area contributed by atoms with Crippen LogP contribution in [0.4, 0.5) is 0 Å². The number of carboxylic acids is 1. The summed E-state index contributed by atoms with van der Waals surface area (Å²) in [7, 11) is 0. The van der Waals surface area contributed by atoms with E-state index in [9.17, 15) is 14.4 Å². The van der Waals surface area contributed by atoms with Crippen molar-refractivity contribution in [2.75, 3.05) is 0 Å². The molecule has 6 heteroatoms. The average molecular weight is 272 g/mol. The summed E-state index contributed by atoms with van der Waals surface area (Å²) in [5, 5.41) is 13.0. The number of carbonyl (C=O) groups excluding carboxylic acids is 1. The Balaban J connectivity index is 2.78. The fourth-order valence-electron chi connectivity index (χ4n) is 1.75. The molecule has 6 nitrogen and oxygen atoms in total. The van der Waals surface area contributed by atoms with Crippen molar-refractivity contribution in [1.29, 1.82) is 0 Å². The molecule has 20 heavy (non-hydrogen) atoms. The lowest BCUT2D eigenvalue weighted by atomic mass is 10.2. The summed E-state index contributed by atoms with van der Waals surface area (Å²) in [6.45, 7) is 3.10. The molecule has 0 radical (unpaired) electrons. The Morgan fingerprint density at radius 1 is 1.25 bits per heavy atom. The van der Waals surface area contributed by atoms with Gasteiger partial charge in [-0.15, -0.1) is 0 Å². The van der Waals surface area contributed by atoms with E-state index >= 15 is 0 Å². The van der Waals surface area contributed by atoms with E-state index in [1.807, 2.05) is 13.0 Å². The largest absolute Gasteiger partial charge is 0.477 e. The van der Waals surface area contributed by atoms with Gasteiger partial charge in [0.25, 0.3) is 5.56 Å². The van der Waals surface area contributed by atoms with E-state index in [-0.39, 0.29) is 5.69 Å². The summed E-state index contributed by atoms with van der Waals surface area (Å²) in [5.74, 6) is -1.80. The molecule has 1 aromatic carbocycles. The van der Waals surface area contributed by atoms with Crippen LogP contribution in [0, 0.1) is 6.92 Å². The molecule has 0 atom stereocenters. The van der Waals surface area contributed by atoms with Gasteiger partial charge in [0.05, 0.1) is 5.69 Å². The summed E-state index contributed by atoms with van der Waals surface area (Å²) < 4.78 is 0.938. The lowest BCUT2D eigenvalue weighted by molar-refractivity contribution is 0.0694. The number of nitrogens with zero attached hydrogens (tertiary/aromatic N) is 2. The second kappa shape index (κ2) is 5.08. The van der Waals surface area contributed by atoms with Crippen LogP contribution in [0.3, 0.4) is 0 Å². The first-order valence-corrected chi connectivity index (χ1v) is 5.86. The van der Waals surface area contributed by atoms with Crippen molar-refractivity contribution in [2.45, 2.75) is 13.8 Å². The van der Waals surface area contributed by atoms with E-state index in [0.717, 1.165) is 16.3 Å². The first kappa shape index (κ1) is 13.7. The van der Waals surface area contributed by atoms with Gasteiger partial charge in [0.15, 0.2) is 5.78 Å². The minimum atomic E-state index is -1.39. The Labute approximate surface area is 114 Å². The maximum absolute atomic E-state index is 12.1. The van der Waals surface area contributed by atoms with E-state index in [1.54, 1.807) is 18.2 Å². The Morgan fingerprint density at radius 2 is 1.95 bits per heavy atom. The Hall–Kier alpha value is -2.76. The number of hydrogen-bond donors (Lipinski definition) is 1. The van der Waals surface area contributed by atoms with Crippen LogP contribution < -0.4 is 5.56 Å². The average Bonchev–Trinajstić information content (AvgIpc) is 2.38. The summed E-state index contributed by atoms with van der Waals surface area (Å²) >= 11 is 0. The molecule has 2 rings (SSSR count). The van der Waals surface area contributed by atoms with Crippen LogP contribution >= 0.6 is 0 Å². The van der Waals surface area contributed by atoms with Gasteiger partial charge < -0.3 is 5.11 Å². The van der Waals surface area contributed by atoms with Crippen LogP contribution in [0.5, 0.6) is 0 Å². The first-order valence-electron chi connectivity index (χ1n) is 5.86. The zero-order valence-corrected chi connectivity index (χ0v) is 11.0. The fraction of sp³-hybridized carbons (Fsp3) is 0.143. The van der Waals surface area contributed by atoms with Gasteiger partial charge >= 0.3 is 5.97 Å². The van der Waals surface area contributed by atoms with Crippen LogP contribution in [-0.2, 0) is 0 Å². The molecule has 0 saturated carbocycles. The van der Waals surface area contributed by atoms with E-state index < -0.39 is 22.9 Å². The van der Waals surface area contributed by atoms with E-state index in [4.69, 9.17) is 5.11 Å². The third-order valence-electron chi connectivity index (χ3n) is 2.75. The second-order valence-electron chi connectivity index (χ2n) is 4.36. The molecule has 0 saturated heterocycles. The van der Waals surface area contributed by atoms with E-state index in [0.29, 0.717) is 5.69 Å². The van der Waals surface area contributed by atoms with Crippen molar-refractivity contribution in [1.82, 2.24) is 9.78 Å². The predicted molar refractivity (Wildman–Crippen MR) is 71.5 cm³/mol. The number of Topliss-reactive ketones (excluding diaryl/α,β-unsaturated/α-hetero) is 1. The normalized spacial score (nSPS) is 10.3. The molecule has 0 unspecified atom stereocenters. The molecule has 0 spiro atoms. The summed E-state index contributed by atoms with van der Waals surface area (Å²) in [4.78, 5) is 34.6. The van der Waals surface area contributed by atoms with Crippen LogP contribution in [0.25, 0.3) is 5.69 Å². The zero-order chi connectivity index (χ0) is 14.9. The van der Waals surface area contributed by atoms with Crippen molar-refractivity contribution in [2.24, 2.45) is 0 Å². The molecule has 2 aromatic rings. The molecule has 1 heterocycles. The van der Waals surface area contributed by atoms with Gasteiger partial charge in [0.2, 0.25) is 0 Å². The summed E-state index contributed by atoms with van der Waals surface area (Å²) in [6.07, 6.45) is 0. The number of benzene rings is 1. The third-order valence-corrected chi connectivity index (χ3v) is 2.75. The van der Waals surface area contributed by atoms with Gasteiger partial charge in [0, 0.05) is 6.92 Å². The molecule has 0 aliphatic rings. The molecular weight excluding hydrogens is 260 g/mol. The van der Waals surface area contributed by atoms with Crippen molar-refractivity contribution in [3.05, 3.63) is 57.5 Å². The van der Waals surface area contributed by atoms with Gasteiger partial charge in [0.1, 0.15) is 11.3 Å². The third kappa shape index (κ3) is 2.49. The highest BCUT2D eigenvalue weighted by Crippen LogP contribution is 2.08. The number of carboxylic acid groups (broad SMARTS) is 1. The predicted octanol–water partition coefficient (Wildman–Crippen LogP) is 1.44. The molecule has 0 aliphatic carbocycles. The molecule has 0 aliphatic heterocycles. The van der Waals surface area contributed by atoms with Gasteiger partial charge in [-0.1, -0.05) is 12.1 Å². The van der Waals surface area contributed by atoms with Crippen LogP contribution in [0.2, 0.25) is 0 Å². The van der Waals surface area contributed by atoms with Crippen molar-refractivity contribution in [3.8, 4) is 5.69 Å². The molecular formula is C14H12N2O4. The van der Waals surface area contributed by atoms with Gasteiger partial charge in [-0.05, 0) is 30.7 Å². The fourth-order valence-corrected chi connectivity index (χ4v) is 1.75. The van der Waals surface area contributed by atoms with Crippen LogP contribution in [0.1, 0.15) is 33.3 Å². The Morgan fingerprint density at radius 3 is 2.50 bits per heavy atom. The highest BCUT2D eigenvalue weighted by molar-refractivity contribution is 5.95. The van der Waals surface area contributed by atoms with Crippen molar-refractivity contribution >= 4 is 11.8 Å². The summed E-state index contributed by atoms with van der Waals surface area (Å²) in [5.41, 5.74) is -0.00906. The second-order valence-corrected chi connectivity index (χ2v) is 4.36. The number of aromatic nitrogens is 2. The first-order chi connectivity index (χ1) is 9.40. The van der Waals surface area contributed by atoms with Gasteiger partial charge in [-0.25, -0.2) is 4.79 Å². The SMILES string of the molecule is CC(=O)c1cc(C(=O)O)c(=O)n(-c2cccc(C)c2)n1. The lowest BCUT2D eigenvalue weighted by Gasteiger charge is -2.08. The maximum atomic E-state index is 12.1. The molecule has 102 valence electrons. The van der Waals surface area contributed by atoms with Crippen molar-refractivity contribution in [3.63, 3.8) is 0 Å². The van der Waals surface area contributed by atoms with Crippen LogP contribution in [-0.4, -0.2) is 26.6 Å². The van der Waals surface area contributed by atoms with Crippen molar-refractivity contribution < 1.29 is 14.7 Å². The highest BCUT2D eigenvalue weighted by atomic mass is 16.4. The smallest absolute Gasteiger partial charge is 0.341 e. The number of carbonyl (C=O) groups is 2.